The number of methoxy groups -OCH3 is 1. The van der Waals surface area contributed by atoms with Crippen LogP contribution in [-0.4, -0.2) is 18.9 Å². The molecule has 0 unspecified atom stereocenters. The molecule has 3 aromatic carbocycles. The average molecular weight is 398 g/mol. The van der Waals surface area contributed by atoms with E-state index in [9.17, 15) is 9.59 Å². The van der Waals surface area contributed by atoms with Crippen LogP contribution in [0.4, 0.5) is 11.4 Å². The van der Waals surface area contributed by atoms with Gasteiger partial charge in [0.2, 0.25) is 0 Å². The van der Waals surface area contributed by atoms with Crippen molar-refractivity contribution in [2.75, 3.05) is 17.3 Å². The van der Waals surface area contributed by atoms with E-state index in [1.165, 1.54) is 4.90 Å². The lowest BCUT2D eigenvalue weighted by atomic mass is 10.0. The molecule has 0 bridgehead atoms. The van der Waals surface area contributed by atoms with E-state index in [0.717, 1.165) is 16.8 Å². The minimum Gasteiger partial charge on any atom is -0.497 e. The van der Waals surface area contributed by atoms with Crippen LogP contribution in [0.5, 0.6) is 5.75 Å². The van der Waals surface area contributed by atoms with E-state index in [-0.39, 0.29) is 17.5 Å². The number of hydrogen-bond acceptors (Lipinski definition) is 4. The van der Waals surface area contributed by atoms with Crippen LogP contribution < -0.4 is 15.0 Å². The van der Waals surface area contributed by atoms with Gasteiger partial charge in [-0.2, -0.15) is 0 Å². The number of hydrogen-bond donors (Lipinski definition) is 1. The summed E-state index contributed by atoms with van der Waals surface area (Å²) >= 11 is 0. The first-order valence-corrected chi connectivity index (χ1v) is 9.66. The maximum absolute atomic E-state index is 13.4. The molecule has 5 heteroatoms. The first-order valence-electron chi connectivity index (χ1n) is 9.66. The zero-order valence-electron chi connectivity index (χ0n) is 17.1. The molecule has 0 saturated heterocycles. The highest BCUT2D eigenvalue weighted by Crippen LogP contribution is 2.34. The molecule has 0 fully saturated rings. The summed E-state index contributed by atoms with van der Waals surface area (Å²) in [6.45, 7) is 4.04. The predicted octanol–water partition coefficient (Wildman–Crippen LogP) is 4.71. The van der Waals surface area contributed by atoms with Crippen LogP contribution in [0.15, 0.2) is 78.5 Å². The molecule has 1 heterocycles. The molecule has 0 radical (unpaired) electrons. The Morgan fingerprint density at radius 2 is 1.50 bits per heavy atom. The van der Waals surface area contributed by atoms with Crippen LogP contribution in [0.3, 0.4) is 0 Å². The summed E-state index contributed by atoms with van der Waals surface area (Å²) in [5, 5.41) is 3.20. The summed E-state index contributed by atoms with van der Waals surface area (Å²) in [6, 6.07) is 21.9. The Labute approximate surface area is 175 Å². The Morgan fingerprint density at radius 3 is 2.13 bits per heavy atom. The molecule has 150 valence electrons. The quantitative estimate of drug-likeness (QED) is 0.633. The van der Waals surface area contributed by atoms with Crippen LogP contribution in [-0.2, 0) is 9.59 Å². The summed E-state index contributed by atoms with van der Waals surface area (Å²) in [5.41, 5.74) is 4.81. The number of aryl methyl sites for hydroxylation is 2. The SMILES string of the molecule is COc1ccc(C2=C(Nc3ccc(C)c(C)c3)C(=O)N(c3ccccc3)C2=O)cc1. The number of nitrogens with one attached hydrogen (secondary N) is 1. The zero-order chi connectivity index (χ0) is 21.3. The van der Waals surface area contributed by atoms with Gasteiger partial charge in [-0.15, -0.1) is 0 Å². The monoisotopic (exact) mass is 398 g/mol. The molecule has 0 spiro atoms. The fourth-order valence-electron chi connectivity index (χ4n) is 3.45. The minimum atomic E-state index is -0.379. The summed E-state index contributed by atoms with van der Waals surface area (Å²) in [4.78, 5) is 27.9. The van der Waals surface area contributed by atoms with Crippen LogP contribution in [0.25, 0.3) is 5.57 Å². The van der Waals surface area contributed by atoms with Gasteiger partial charge in [0.25, 0.3) is 11.8 Å². The number of imide groups is 1. The Balaban J connectivity index is 1.81. The second-order valence-corrected chi connectivity index (χ2v) is 7.18. The van der Waals surface area contributed by atoms with Crippen LogP contribution in [0.2, 0.25) is 0 Å². The molecule has 0 aliphatic carbocycles. The highest BCUT2D eigenvalue weighted by molar-refractivity contribution is 6.46. The summed E-state index contributed by atoms with van der Waals surface area (Å²) in [5.74, 6) is -0.0577. The number of ether oxygens (including phenoxy) is 1. The zero-order valence-corrected chi connectivity index (χ0v) is 17.1. The second kappa shape index (κ2) is 7.87. The molecule has 0 atom stereocenters. The summed E-state index contributed by atoms with van der Waals surface area (Å²) in [6.07, 6.45) is 0. The number of para-hydroxylation sites is 1. The Kier molecular flexibility index (Phi) is 5.11. The van der Waals surface area contributed by atoms with Gasteiger partial charge in [0.15, 0.2) is 0 Å². The molecule has 1 N–H and O–H groups in total. The number of carbonyl (C=O) groups excluding carboxylic acids is 2. The fraction of sp³-hybridized carbons (Fsp3) is 0.120. The van der Waals surface area contributed by atoms with Gasteiger partial charge in [-0.05, 0) is 66.9 Å². The van der Waals surface area contributed by atoms with E-state index in [2.05, 4.69) is 5.32 Å². The first kappa shape index (κ1) is 19.5. The van der Waals surface area contributed by atoms with Crippen molar-refractivity contribution in [3.05, 3.63) is 95.2 Å². The molecule has 0 aromatic heterocycles. The lowest BCUT2D eigenvalue weighted by molar-refractivity contribution is -0.120. The van der Waals surface area contributed by atoms with E-state index < -0.39 is 0 Å². The molecule has 1 aliphatic heterocycles. The minimum absolute atomic E-state index is 0.261. The average Bonchev–Trinajstić information content (AvgIpc) is 3.01. The second-order valence-electron chi connectivity index (χ2n) is 7.18. The van der Waals surface area contributed by atoms with Crippen molar-refractivity contribution in [3.63, 3.8) is 0 Å². The lowest BCUT2D eigenvalue weighted by Gasteiger charge is -2.15. The van der Waals surface area contributed by atoms with Crippen LogP contribution in [0.1, 0.15) is 16.7 Å². The van der Waals surface area contributed by atoms with Crippen molar-refractivity contribution in [1.82, 2.24) is 0 Å². The van der Waals surface area contributed by atoms with E-state index in [1.807, 2.05) is 38.1 Å². The third-order valence-corrected chi connectivity index (χ3v) is 5.25. The molecule has 4 rings (SSSR count). The van der Waals surface area contributed by atoms with E-state index >= 15 is 0 Å². The summed E-state index contributed by atoms with van der Waals surface area (Å²) < 4.78 is 5.22. The standard InChI is InChI=1S/C25H22N2O3/c1-16-9-12-19(15-17(16)2)26-23-22(18-10-13-21(30-3)14-11-18)24(28)27(25(23)29)20-7-5-4-6-8-20/h4-15,26H,1-3H3. The van der Waals surface area contributed by atoms with Gasteiger partial charge in [0.05, 0.1) is 18.4 Å². The van der Waals surface area contributed by atoms with Gasteiger partial charge >= 0.3 is 0 Å². The first-order chi connectivity index (χ1) is 14.5. The maximum Gasteiger partial charge on any atom is 0.282 e. The van der Waals surface area contributed by atoms with Crippen molar-refractivity contribution in [1.29, 1.82) is 0 Å². The largest absolute Gasteiger partial charge is 0.497 e. The summed E-state index contributed by atoms with van der Waals surface area (Å²) in [7, 11) is 1.59. The lowest BCUT2D eigenvalue weighted by Crippen LogP contribution is -2.32. The van der Waals surface area contributed by atoms with Crippen molar-refractivity contribution in [3.8, 4) is 5.75 Å². The highest BCUT2D eigenvalue weighted by Gasteiger charge is 2.40. The number of anilines is 2. The third-order valence-electron chi connectivity index (χ3n) is 5.25. The normalized spacial score (nSPS) is 13.8. The van der Waals surface area contributed by atoms with Crippen molar-refractivity contribution in [2.45, 2.75) is 13.8 Å². The number of carbonyl (C=O) groups is 2. The Bertz CT molecular complexity index is 1150. The van der Waals surface area contributed by atoms with E-state index in [0.29, 0.717) is 22.6 Å². The van der Waals surface area contributed by atoms with Crippen LogP contribution in [0, 0.1) is 13.8 Å². The van der Waals surface area contributed by atoms with Crippen LogP contribution >= 0.6 is 0 Å². The van der Waals surface area contributed by atoms with Gasteiger partial charge in [-0.25, -0.2) is 4.90 Å². The predicted molar refractivity (Wildman–Crippen MR) is 118 cm³/mol. The molecule has 0 saturated carbocycles. The Morgan fingerprint density at radius 1 is 0.800 bits per heavy atom. The number of rotatable bonds is 5. The number of amides is 2. The third kappa shape index (κ3) is 3.46. The topological polar surface area (TPSA) is 58.6 Å². The molecule has 2 amide bonds. The van der Waals surface area contributed by atoms with Gasteiger partial charge in [0, 0.05) is 5.69 Å². The van der Waals surface area contributed by atoms with Gasteiger partial charge in [-0.1, -0.05) is 36.4 Å². The van der Waals surface area contributed by atoms with Crippen molar-refractivity contribution >= 4 is 28.8 Å². The molecule has 1 aliphatic rings. The van der Waals surface area contributed by atoms with Crippen molar-refractivity contribution < 1.29 is 14.3 Å². The van der Waals surface area contributed by atoms with E-state index in [4.69, 9.17) is 4.74 Å². The molecule has 5 nitrogen and oxygen atoms in total. The van der Waals surface area contributed by atoms with Gasteiger partial charge in [0.1, 0.15) is 11.4 Å². The molecular formula is C25H22N2O3. The Hall–Kier alpha value is -3.86. The fourth-order valence-corrected chi connectivity index (χ4v) is 3.45. The molecular weight excluding hydrogens is 376 g/mol. The van der Waals surface area contributed by atoms with Crippen molar-refractivity contribution in [2.24, 2.45) is 0 Å². The van der Waals surface area contributed by atoms with Gasteiger partial charge < -0.3 is 10.1 Å². The van der Waals surface area contributed by atoms with Gasteiger partial charge in [-0.3, -0.25) is 9.59 Å². The smallest absolute Gasteiger partial charge is 0.282 e. The molecule has 30 heavy (non-hydrogen) atoms. The maximum atomic E-state index is 13.4. The number of benzene rings is 3. The highest BCUT2D eigenvalue weighted by atomic mass is 16.5. The molecule has 3 aromatic rings. The number of nitrogens with zero attached hydrogens (tertiary/aromatic N) is 1. The van der Waals surface area contributed by atoms with E-state index in [1.54, 1.807) is 55.6 Å².